The number of fused-ring (bicyclic) bond motifs is 3. The van der Waals surface area contributed by atoms with Crippen LogP contribution in [0, 0.1) is 11.8 Å². The van der Waals surface area contributed by atoms with Crippen molar-refractivity contribution >= 4 is 16.7 Å². The lowest BCUT2D eigenvalue weighted by Crippen LogP contribution is -2.53. The second-order valence-electron chi connectivity index (χ2n) is 11.7. The molecule has 3 atom stereocenters. The van der Waals surface area contributed by atoms with Crippen LogP contribution in [0.3, 0.4) is 0 Å². The van der Waals surface area contributed by atoms with E-state index >= 15 is 0 Å². The molecule has 10 heteroatoms. The normalized spacial score (nSPS) is 28.0. The molecule has 0 radical (unpaired) electrons. The number of hydrogen-bond donors (Lipinski definition) is 1. The van der Waals surface area contributed by atoms with Gasteiger partial charge in [-0.1, -0.05) is 30.7 Å². The van der Waals surface area contributed by atoms with Gasteiger partial charge in [0.1, 0.15) is 11.3 Å². The highest BCUT2D eigenvalue weighted by Gasteiger charge is 2.43. The number of carbonyl (C=O) groups is 1. The van der Waals surface area contributed by atoms with Crippen LogP contribution in [0.25, 0.3) is 10.8 Å². The van der Waals surface area contributed by atoms with Gasteiger partial charge in [-0.15, -0.1) is 0 Å². The van der Waals surface area contributed by atoms with E-state index in [0.29, 0.717) is 24.6 Å². The van der Waals surface area contributed by atoms with Gasteiger partial charge in [-0.2, -0.15) is 26.3 Å². The van der Waals surface area contributed by atoms with E-state index in [9.17, 15) is 36.2 Å². The molecule has 2 aliphatic heterocycles. The molecule has 3 fully saturated rings. The Morgan fingerprint density at radius 3 is 2.20 bits per heavy atom. The van der Waals surface area contributed by atoms with Crippen molar-refractivity contribution in [2.75, 3.05) is 6.54 Å². The first-order valence-corrected chi connectivity index (χ1v) is 14.2. The highest BCUT2D eigenvalue weighted by Crippen LogP contribution is 2.44. The van der Waals surface area contributed by atoms with E-state index < -0.39 is 35.9 Å². The van der Waals surface area contributed by atoms with E-state index in [1.807, 2.05) is 0 Å². The van der Waals surface area contributed by atoms with Crippen molar-refractivity contribution in [3.63, 3.8) is 0 Å². The maximum Gasteiger partial charge on any atom is 0.420 e. The zero-order valence-corrected chi connectivity index (χ0v) is 22.2. The quantitative estimate of drug-likeness (QED) is 0.342. The largest absolute Gasteiger partial charge is 0.490 e. The topological polar surface area (TPSA) is 49.8 Å². The molecule has 2 aromatic rings. The zero-order chi connectivity index (χ0) is 28.7. The molecule has 4 nitrogen and oxygen atoms in total. The maximum absolute atomic E-state index is 14.2. The van der Waals surface area contributed by atoms with Crippen molar-refractivity contribution in [2.24, 2.45) is 11.8 Å². The summed E-state index contributed by atoms with van der Waals surface area (Å²) in [5, 5.41) is 9.92. The molecular formula is C30H35F6NO3. The number of aliphatic carboxylic acids is 1. The number of piperidine rings is 2. The number of nitrogens with zero attached hydrogens (tertiary/aromatic N) is 1. The van der Waals surface area contributed by atoms with Gasteiger partial charge in [-0.3, -0.25) is 9.69 Å². The molecule has 2 heterocycles. The molecule has 1 N–H and O–H groups in total. The first kappa shape index (κ1) is 29.0. The molecule has 1 saturated carbocycles. The Kier molecular flexibility index (Phi) is 8.28. The van der Waals surface area contributed by atoms with E-state index in [1.165, 1.54) is 12.1 Å². The lowest BCUT2D eigenvalue weighted by atomic mass is 9.78. The van der Waals surface area contributed by atoms with Gasteiger partial charge in [0.25, 0.3) is 0 Å². The summed E-state index contributed by atoms with van der Waals surface area (Å²) in [5.74, 6) is -2.76. The molecule has 3 aliphatic rings. The maximum atomic E-state index is 14.2. The number of alkyl halides is 6. The van der Waals surface area contributed by atoms with Gasteiger partial charge in [0, 0.05) is 12.1 Å². The number of carboxylic acids is 1. The first-order chi connectivity index (χ1) is 18.9. The van der Waals surface area contributed by atoms with E-state index in [0.717, 1.165) is 37.8 Å². The van der Waals surface area contributed by atoms with Gasteiger partial charge in [-0.05, 0) is 93.2 Å². The average Bonchev–Trinajstić information content (AvgIpc) is 2.87. The highest BCUT2D eigenvalue weighted by atomic mass is 19.4. The summed E-state index contributed by atoms with van der Waals surface area (Å²) in [5.41, 5.74) is 0.0361. The summed E-state index contributed by atoms with van der Waals surface area (Å²) in [7, 11) is 0. The molecule has 0 spiro atoms. The van der Waals surface area contributed by atoms with Gasteiger partial charge in [-0.25, -0.2) is 0 Å². The molecule has 0 aromatic heterocycles. The Balaban J connectivity index is 1.25. The van der Waals surface area contributed by atoms with Gasteiger partial charge in [0.05, 0.1) is 17.9 Å². The number of halogens is 6. The minimum absolute atomic E-state index is 0.0167. The van der Waals surface area contributed by atoms with E-state index in [2.05, 4.69) is 4.90 Å². The van der Waals surface area contributed by atoms with Crippen LogP contribution in [0.4, 0.5) is 26.3 Å². The van der Waals surface area contributed by atoms with Crippen LogP contribution in [0.1, 0.15) is 75.3 Å². The lowest BCUT2D eigenvalue weighted by molar-refractivity contribution is -0.185. The Labute approximate surface area is 229 Å². The third-order valence-corrected chi connectivity index (χ3v) is 9.12. The Hall–Kier alpha value is -2.49. The smallest absolute Gasteiger partial charge is 0.420 e. The fourth-order valence-corrected chi connectivity index (χ4v) is 7.10. The van der Waals surface area contributed by atoms with E-state index in [1.54, 1.807) is 18.2 Å². The predicted molar refractivity (Wildman–Crippen MR) is 138 cm³/mol. The van der Waals surface area contributed by atoms with Crippen LogP contribution in [0.5, 0.6) is 5.75 Å². The number of hydrogen-bond acceptors (Lipinski definition) is 3. The van der Waals surface area contributed by atoms with E-state index in [4.69, 9.17) is 4.74 Å². The van der Waals surface area contributed by atoms with Gasteiger partial charge in [0.2, 0.25) is 0 Å². The van der Waals surface area contributed by atoms with Crippen molar-refractivity contribution in [1.29, 1.82) is 0 Å². The summed E-state index contributed by atoms with van der Waals surface area (Å²) in [6.45, 7) is 0.830. The Bertz CT molecular complexity index is 1190. The Morgan fingerprint density at radius 1 is 0.925 bits per heavy atom. The molecule has 2 bridgehead atoms. The van der Waals surface area contributed by atoms with Crippen LogP contribution in [-0.2, 0) is 17.4 Å². The molecule has 5 rings (SSSR count). The second kappa shape index (κ2) is 11.4. The van der Waals surface area contributed by atoms with Crippen LogP contribution in [-0.4, -0.2) is 46.9 Å². The third-order valence-electron chi connectivity index (χ3n) is 9.12. The molecule has 2 unspecified atom stereocenters. The van der Waals surface area contributed by atoms with Crippen LogP contribution < -0.4 is 4.74 Å². The molecular weight excluding hydrogens is 536 g/mol. The minimum Gasteiger partial charge on any atom is -0.490 e. The van der Waals surface area contributed by atoms with Crippen LogP contribution >= 0.6 is 0 Å². The van der Waals surface area contributed by atoms with Crippen LogP contribution in [0.15, 0.2) is 30.3 Å². The number of benzene rings is 2. The standard InChI is InChI=1S/C30H35F6NO3/c31-29(32,33)21-8-10-24(11-9-21)40-26-13-7-19-15-18(6-12-25(19)27(26)30(34,35)36)3-2-14-37-22-4-1-5-23(37)17-20(16-22)28(38)39/h6-7,12-13,15,20-24H,1-5,8-11,14,16-17H2,(H,38,39)/t20?,21-,22-,23?,24+/m0/s1. The van der Waals surface area contributed by atoms with Gasteiger partial charge >= 0.3 is 18.3 Å². The zero-order valence-electron chi connectivity index (χ0n) is 22.2. The molecule has 220 valence electrons. The van der Waals surface area contributed by atoms with Crippen molar-refractivity contribution in [3.05, 3.63) is 41.5 Å². The average molecular weight is 572 g/mol. The van der Waals surface area contributed by atoms with Crippen molar-refractivity contribution in [3.8, 4) is 5.75 Å². The van der Waals surface area contributed by atoms with Crippen LogP contribution in [0.2, 0.25) is 0 Å². The SMILES string of the molecule is O=C(O)C1CC2CCC[C@@H](C1)N2CCCc1ccc2c(C(F)(F)F)c(O[C@H]3CC[C@@H](C(F)(F)F)CC3)ccc2c1. The molecule has 1 aliphatic carbocycles. The van der Waals surface area contributed by atoms with Crippen molar-refractivity contribution in [2.45, 2.75) is 101 Å². The molecule has 2 saturated heterocycles. The molecule has 0 amide bonds. The first-order valence-electron chi connectivity index (χ1n) is 14.2. The van der Waals surface area contributed by atoms with E-state index in [-0.39, 0.29) is 54.8 Å². The monoisotopic (exact) mass is 571 g/mol. The highest BCUT2D eigenvalue weighted by molar-refractivity contribution is 5.89. The molecule has 40 heavy (non-hydrogen) atoms. The summed E-state index contributed by atoms with van der Waals surface area (Å²) in [6.07, 6.45) is -3.83. The van der Waals surface area contributed by atoms with Crippen molar-refractivity contribution < 1.29 is 41.0 Å². The summed E-state index contributed by atoms with van der Waals surface area (Å²) < 4.78 is 87.1. The summed E-state index contributed by atoms with van der Waals surface area (Å²) in [6, 6.07) is 8.37. The minimum atomic E-state index is -4.68. The summed E-state index contributed by atoms with van der Waals surface area (Å²) >= 11 is 0. The van der Waals surface area contributed by atoms with Gasteiger partial charge < -0.3 is 9.84 Å². The number of ether oxygens (including phenoxy) is 1. The fourth-order valence-electron chi connectivity index (χ4n) is 7.10. The number of rotatable bonds is 7. The number of carboxylic acid groups (broad SMARTS) is 1. The Morgan fingerprint density at radius 2 is 1.60 bits per heavy atom. The lowest BCUT2D eigenvalue weighted by Gasteiger charge is -2.48. The number of aryl methyl sites for hydroxylation is 1. The fraction of sp³-hybridized carbons (Fsp3) is 0.633. The van der Waals surface area contributed by atoms with Gasteiger partial charge in [0.15, 0.2) is 0 Å². The second-order valence-corrected chi connectivity index (χ2v) is 11.7. The summed E-state index contributed by atoms with van der Waals surface area (Å²) in [4.78, 5) is 14.0. The third kappa shape index (κ3) is 6.37. The predicted octanol–water partition coefficient (Wildman–Crippen LogP) is 8.01. The van der Waals surface area contributed by atoms with Crippen molar-refractivity contribution in [1.82, 2.24) is 4.90 Å². The molecule has 2 aromatic carbocycles.